The summed E-state index contributed by atoms with van der Waals surface area (Å²) in [6.07, 6.45) is 1.12. The maximum absolute atomic E-state index is 12.3. The second-order valence-electron chi connectivity index (χ2n) is 4.74. The molecule has 21 heavy (non-hydrogen) atoms. The number of carbonyl (C=O) groups excluding carboxylic acids is 1. The minimum Gasteiger partial charge on any atom is -0.289 e. The van der Waals surface area contributed by atoms with Crippen LogP contribution < -0.4 is 5.32 Å². The third-order valence-corrected chi connectivity index (χ3v) is 4.43. The summed E-state index contributed by atoms with van der Waals surface area (Å²) in [6.45, 7) is 3.30. The Hall–Kier alpha value is -2.29. The molecule has 0 aliphatic rings. The molecule has 0 saturated heterocycles. The molecule has 0 aliphatic heterocycles. The Morgan fingerprint density at radius 1 is 1.29 bits per heavy atom. The third kappa shape index (κ3) is 2.92. The van der Waals surface area contributed by atoms with Crippen LogP contribution in [0.5, 0.6) is 0 Å². The van der Waals surface area contributed by atoms with Crippen molar-refractivity contribution in [3.8, 4) is 0 Å². The van der Waals surface area contributed by atoms with E-state index in [9.17, 15) is 13.2 Å². The number of anilines is 1. The van der Waals surface area contributed by atoms with Gasteiger partial charge in [0, 0.05) is 18.9 Å². The number of hydrogen-bond acceptors (Lipinski definition) is 6. The molecule has 1 aromatic carbocycles. The van der Waals surface area contributed by atoms with E-state index in [1.54, 1.807) is 33.0 Å². The van der Waals surface area contributed by atoms with E-state index in [4.69, 9.17) is 0 Å². The van der Waals surface area contributed by atoms with Gasteiger partial charge in [0.1, 0.15) is 0 Å². The Bertz CT molecular complexity index is 810. The number of hydrogen-bond donors (Lipinski definition) is 1. The highest BCUT2D eigenvalue weighted by Crippen LogP contribution is 2.23. The van der Waals surface area contributed by atoms with Crippen molar-refractivity contribution in [2.75, 3.05) is 11.6 Å². The average molecular weight is 309 g/mol. The average Bonchev–Trinajstić information content (AvgIpc) is 2.73. The van der Waals surface area contributed by atoms with Crippen LogP contribution in [0, 0.1) is 13.8 Å². The first-order valence-corrected chi connectivity index (χ1v) is 7.95. The lowest BCUT2D eigenvalue weighted by molar-refractivity contribution is 0.102. The van der Waals surface area contributed by atoms with Gasteiger partial charge in [-0.15, -0.1) is 0 Å². The van der Waals surface area contributed by atoms with Crippen LogP contribution in [0.25, 0.3) is 0 Å². The lowest BCUT2D eigenvalue weighted by Crippen LogP contribution is -2.18. The van der Waals surface area contributed by atoms with Gasteiger partial charge >= 0.3 is 0 Å². The highest BCUT2D eigenvalue weighted by atomic mass is 32.2. The quantitative estimate of drug-likeness (QED) is 0.884. The zero-order chi connectivity index (χ0) is 15.8. The fraction of sp³-hybridized carbons (Fsp3) is 0.333. The number of amides is 1. The van der Waals surface area contributed by atoms with Crippen molar-refractivity contribution in [3.05, 3.63) is 28.8 Å². The van der Waals surface area contributed by atoms with E-state index in [1.807, 2.05) is 0 Å². The molecule has 1 heterocycles. The van der Waals surface area contributed by atoms with Crippen LogP contribution in [0.1, 0.15) is 21.5 Å². The Balaban J connectivity index is 2.46. The number of nitrogens with zero attached hydrogens (tertiary/aromatic N) is 4. The van der Waals surface area contributed by atoms with E-state index in [-0.39, 0.29) is 16.4 Å². The molecule has 112 valence electrons. The molecule has 0 unspecified atom stereocenters. The Kier molecular flexibility index (Phi) is 3.77. The first-order chi connectivity index (χ1) is 9.71. The van der Waals surface area contributed by atoms with Gasteiger partial charge in [-0.3, -0.25) is 10.1 Å². The van der Waals surface area contributed by atoms with Gasteiger partial charge in [0.05, 0.1) is 4.90 Å². The van der Waals surface area contributed by atoms with E-state index in [0.29, 0.717) is 11.1 Å². The number of aryl methyl sites for hydroxylation is 2. The lowest BCUT2D eigenvalue weighted by atomic mass is 10.1. The molecule has 0 spiro atoms. The summed E-state index contributed by atoms with van der Waals surface area (Å²) in [4.78, 5) is 12.4. The normalized spacial score (nSPS) is 11.4. The van der Waals surface area contributed by atoms with Gasteiger partial charge in [0.15, 0.2) is 9.84 Å². The van der Waals surface area contributed by atoms with Gasteiger partial charge < -0.3 is 0 Å². The maximum Gasteiger partial charge on any atom is 0.258 e. The number of aromatic nitrogens is 4. The van der Waals surface area contributed by atoms with Crippen LogP contribution in [0.4, 0.5) is 5.95 Å². The molecule has 0 saturated carbocycles. The van der Waals surface area contributed by atoms with E-state index >= 15 is 0 Å². The van der Waals surface area contributed by atoms with Gasteiger partial charge in [-0.1, -0.05) is 11.2 Å². The molecule has 0 fully saturated rings. The summed E-state index contributed by atoms with van der Waals surface area (Å²) < 4.78 is 25.0. The van der Waals surface area contributed by atoms with Gasteiger partial charge in [-0.2, -0.15) is 0 Å². The molecule has 0 radical (unpaired) electrons. The third-order valence-electron chi connectivity index (χ3n) is 3.06. The molecule has 9 heteroatoms. The predicted octanol–water partition coefficient (Wildman–Crippen LogP) is 0.483. The summed E-state index contributed by atoms with van der Waals surface area (Å²) in [5.74, 6) is -0.281. The zero-order valence-electron chi connectivity index (χ0n) is 12.1. The molecule has 0 bridgehead atoms. The van der Waals surface area contributed by atoms with Crippen molar-refractivity contribution in [1.82, 2.24) is 20.2 Å². The van der Waals surface area contributed by atoms with Crippen molar-refractivity contribution in [2.45, 2.75) is 18.7 Å². The summed E-state index contributed by atoms with van der Waals surface area (Å²) >= 11 is 0. The summed E-state index contributed by atoms with van der Waals surface area (Å²) in [7, 11) is -1.83. The van der Waals surface area contributed by atoms with Crippen molar-refractivity contribution in [3.63, 3.8) is 0 Å². The van der Waals surface area contributed by atoms with Gasteiger partial charge in [0.2, 0.25) is 5.95 Å². The van der Waals surface area contributed by atoms with E-state index < -0.39 is 15.7 Å². The smallest absolute Gasteiger partial charge is 0.258 e. The number of nitrogens with one attached hydrogen (secondary N) is 1. The van der Waals surface area contributed by atoms with Crippen LogP contribution in [0.3, 0.4) is 0 Å². The highest BCUT2D eigenvalue weighted by molar-refractivity contribution is 7.90. The molecular weight excluding hydrogens is 294 g/mol. The monoisotopic (exact) mass is 309 g/mol. The molecule has 0 atom stereocenters. The zero-order valence-corrected chi connectivity index (χ0v) is 12.9. The van der Waals surface area contributed by atoms with Crippen molar-refractivity contribution in [1.29, 1.82) is 0 Å². The predicted molar refractivity (Wildman–Crippen MR) is 75.8 cm³/mol. The molecule has 1 amide bonds. The van der Waals surface area contributed by atoms with E-state index in [1.165, 1.54) is 4.68 Å². The van der Waals surface area contributed by atoms with Crippen LogP contribution in [0.2, 0.25) is 0 Å². The fourth-order valence-corrected chi connectivity index (χ4v) is 3.47. The van der Waals surface area contributed by atoms with Crippen LogP contribution in [0.15, 0.2) is 17.0 Å². The standard InChI is InChI=1S/C12H15N5O3S/c1-7-5-6-9(8(2)10(7)21(4,19)20)11(18)13-12-14-15-16-17(12)3/h5-6H,1-4H3,(H,13,14,16,18). The largest absolute Gasteiger partial charge is 0.289 e. The summed E-state index contributed by atoms with van der Waals surface area (Å²) in [5.41, 5.74) is 1.28. The topological polar surface area (TPSA) is 107 Å². The highest BCUT2D eigenvalue weighted by Gasteiger charge is 2.20. The second-order valence-corrected chi connectivity index (χ2v) is 6.69. The minimum atomic E-state index is -3.42. The lowest BCUT2D eigenvalue weighted by Gasteiger charge is -2.12. The number of tetrazole rings is 1. The first-order valence-electron chi connectivity index (χ1n) is 6.05. The van der Waals surface area contributed by atoms with Crippen molar-refractivity contribution < 1.29 is 13.2 Å². The number of benzene rings is 1. The fourth-order valence-electron chi connectivity index (χ4n) is 2.15. The van der Waals surface area contributed by atoms with Crippen LogP contribution in [-0.2, 0) is 16.9 Å². The van der Waals surface area contributed by atoms with Gasteiger partial charge in [-0.25, -0.2) is 13.1 Å². The minimum absolute atomic E-state index is 0.172. The number of carbonyl (C=O) groups is 1. The van der Waals surface area contributed by atoms with Crippen molar-refractivity contribution in [2.24, 2.45) is 7.05 Å². The molecule has 2 rings (SSSR count). The molecular formula is C12H15N5O3S. The molecule has 1 N–H and O–H groups in total. The SMILES string of the molecule is Cc1ccc(C(=O)Nc2nnnn2C)c(C)c1S(C)(=O)=O. The van der Waals surface area contributed by atoms with E-state index in [0.717, 1.165) is 6.26 Å². The van der Waals surface area contributed by atoms with Crippen molar-refractivity contribution >= 4 is 21.7 Å². The number of sulfone groups is 1. The second kappa shape index (κ2) is 5.24. The van der Waals surface area contributed by atoms with Crippen LogP contribution >= 0.6 is 0 Å². The van der Waals surface area contributed by atoms with Gasteiger partial charge in [0.25, 0.3) is 5.91 Å². The Morgan fingerprint density at radius 3 is 2.48 bits per heavy atom. The Morgan fingerprint density at radius 2 is 1.95 bits per heavy atom. The number of rotatable bonds is 3. The molecule has 8 nitrogen and oxygen atoms in total. The van der Waals surface area contributed by atoms with E-state index in [2.05, 4.69) is 20.8 Å². The maximum atomic E-state index is 12.3. The summed E-state index contributed by atoms with van der Waals surface area (Å²) in [6, 6.07) is 3.19. The molecule has 0 aliphatic carbocycles. The van der Waals surface area contributed by atoms with Crippen LogP contribution in [-0.4, -0.2) is 40.8 Å². The molecule has 1 aromatic heterocycles. The van der Waals surface area contributed by atoms with Gasteiger partial charge in [-0.05, 0) is 41.5 Å². The molecule has 2 aromatic rings. The Labute approximate surface area is 122 Å². The first kappa shape index (κ1) is 15.1. The summed E-state index contributed by atoms with van der Waals surface area (Å²) in [5, 5.41) is 13.2.